The van der Waals surface area contributed by atoms with Gasteiger partial charge in [0.15, 0.2) is 6.61 Å². The molecule has 7 nitrogen and oxygen atoms in total. The highest BCUT2D eigenvalue weighted by Crippen LogP contribution is 2.27. The van der Waals surface area contributed by atoms with Crippen LogP contribution in [0.2, 0.25) is 0 Å². The Morgan fingerprint density at radius 1 is 0.872 bits per heavy atom. The molecule has 39 heavy (non-hydrogen) atoms. The summed E-state index contributed by atoms with van der Waals surface area (Å²) in [6, 6.07) is 16.7. The zero-order chi connectivity index (χ0) is 27.6. The molecule has 0 aliphatic carbocycles. The molecule has 2 heterocycles. The lowest BCUT2D eigenvalue weighted by molar-refractivity contribution is -0.135. The minimum atomic E-state index is 0.0519. The van der Waals surface area contributed by atoms with Gasteiger partial charge < -0.3 is 19.4 Å². The number of nitrogens with zero attached hydrogens (tertiary/aromatic N) is 4. The van der Waals surface area contributed by atoms with Crippen LogP contribution in [0.25, 0.3) is 0 Å². The Morgan fingerprint density at radius 3 is 2.28 bits per heavy atom. The molecular weight excluding hydrogens is 488 g/mol. The first-order valence-corrected chi connectivity index (χ1v) is 14.7. The molecule has 212 valence electrons. The topological polar surface area (TPSA) is 56.3 Å². The van der Waals surface area contributed by atoms with Crippen molar-refractivity contribution in [2.45, 2.75) is 70.9 Å². The number of rotatable bonds is 5. The van der Waals surface area contributed by atoms with Crippen LogP contribution < -0.4 is 14.5 Å². The third kappa shape index (κ3) is 8.21. The SMILES string of the molecule is CC(=O)N1CCCCCCCCN(C2CCN(C(=O)COc3cccc(N(C)C)c3)CC2)Cc2ccccc21. The van der Waals surface area contributed by atoms with Gasteiger partial charge in [0.2, 0.25) is 5.91 Å². The van der Waals surface area contributed by atoms with Gasteiger partial charge in [0.25, 0.3) is 5.91 Å². The van der Waals surface area contributed by atoms with E-state index in [1.807, 2.05) is 59.1 Å². The van der Waals surface area contributed by atoms with Gasteiger partial charge >= 0.3 is 0 Å². The van der Waals surface area contributed by atoms with Gasteiger partial charge in [-0.3, -0.25) is 14.5 Å². The number of amides is 2. The number of para-hydroxylation sites is 1. The number of hydrogen-bond acceptors (Lipinski definition) is 5. The highest BCUT2D eigenvalue weighted by molar-refractivity contribution is 5.92. The molecule has 0 N–H and O–H groups in total. The predicted octanol–water partition coefficient (Wildman–Crippen LogP) is 5.33. The Balaban J connectivity index is 1.38. The summed E-state index contributed by atoms with van der Waals surface area (Å²) in [6.45, 7) is 5.93. The molecule has 7 heteroatoms. The van der Waals surface area contributed by atoms with E-state index in [1.54, 1.807) is 6.92 Å². The number of piperidine rings is 1. The van der Waals surface area contributed by atoms with Gasteiger partial charge in [0.1, 0.15) is 5.75 Å². The van der Waals surface area contributed by atoms with Crippen LogP contribution in [-0.2, 0) is 16.1 Å². The second-order valence-corrected chi connectivity index (χ2v) is 11.2. The highest BCUT2D eigenvalue weighted by Gasteiger charge is 2.28. The fourth-order valence-electron chi connectivity index (χ4n) is 5.83. The largest absolute Gasteiger partial charge is 0.484 e. The fraction of sp³-hybridized carbons (Fsp3) is 0.562. The van der Waals surface area contributed by atoms with Gasteiger partial charge in [0.05, 0.1) is 0 Å². The maximum absolute atomic E-state index is 13.0. The second kappa shape index (κ2) is 14.4. The summed E-state index contributed by atoms with van der Waals surface area (Å²) in [5, 5.41) is 0. The average Bonchev–Trinajstić information content (AvgIpc) is 2.96. The van der Waals surface area contributed by atoms with Gasteiger partial charge in [-0.05, 0) is 56.0 Å². The van der Waals surface area contributed by atoms with Crippen molar-refractivity contribution in [2.24, 2.45) is 0 Å². The quantitative estimate of drug-likeness (QED) is 0.519. The maximum atomic E-state index is 13.0. The van der Waals surface area contributed by atoms with Crippen molar-refractivity contribution in [3.05, 3.63) is 54.1 Å². The zero-order valence-electron chi connectivity index (χ0n) is 24.1. The summed E-state index contributed by atoms with van der Waals surface area (Å²) >= 11 is 0. The molecule has 2 amide bonds. The van der Waals surface area contributed by atoms with Crippen molar-refractivity contribution < 1.29 is 14.3 Å². The molecule has 1 saturated heterocycles. The van der Waals surface area contributed by atoms with Crippen molar-refractivity contribution in [2.75, 3.05) is 56.7 Å². The van der Waals surface area contributed by atoms with E-state index in [4.69, 9.17) is 4.74 Å². The summed E-state index contributed by atoms with van der Waals surface area (Å²) in [5.41, 5.74) is 3.33. The Labute approximate surface area is 234 Å². The number of ether oxygens (including phenoxy) is 1. The van der Waals surface area contributed by atoms with E-state index in [1.165, 1.54) is 37.7 Å². The molecule has 0 atom stereocenters. The Bertz CT molecular complexity index is 1080. The minimum Gasteiger partial charge on any atom is -0.484 e. The summed E-state index contributed by atoms with van der Waals surface area (Å²) in [5.74, 6) is 0.889. The van der Waals surface area contributed by atoms with Gasteiger partial charge in [-0.1, -0.05) is 49.9 Å². The molecule has 4 rings (SSSR count). The van der Waals surface area contributed by atoms with Crippen LogP contribution in [0.15, 0.2) is 48.5 Å². The molecule has 0 radical (unpaired) electrons. The van der Waals surface area contributed by atoms with Crippen LogP contribution in [0, 0.1) is 0 Å². The normalized spacial score (nSPS) is 18.3. The maximum Gasteiger partial charge on any atom is 0.260 e. The Kier molecular flexibility index (Phi) is 10.7. The number of carbonyl (C=O) groups is 2. The Morgan fingerprint density at radius 2 is 1.56 bits per heavy atom. The van der Waals surface area contributed by atoms with Crippen LogP contribution in [0.3, 0.4) is 0 Å². The number of fused-ring (bicyclic) bond motifs is 1. The van der Waals surface area contributed by atoms with Crippen LogP contribution in [-0.4, -0.2) is 74.5 Å². The van der Waals surface area contributed by atoms with E-state index < -0.39 is 0 Å². The van der Waals surface area contributed by atoms with Gasteiger partial charge in [-0.2, -0.15) is 0 Å². The van der Waals surface area contributed by atoms with Crippen LogP contribution in [0.5, 0.6) is 5.75 Å². The van der Waals surface area contributed by atoms with E-state index in [9.17, 15) is 9.59 Å². The summed E-state index contributed by atoms with van der Waals surface area (Å²) in [4.78, 5) is 34.1. The van der Waals surface area contributed by atoms with E-state index >= 15 is 0 Å². The van der Waals surface area contributed by atoms with Crippen molar-refractivity contribution in [1.82, 2.24) is 9.80 Å². The number of likely N-dealkylation sites (tertiary alicyclic amines) is 1. The van der Waals surface area contributed by atoms with Crippen molar-refractivity contribution in [3.8, 4) is 5.75 Å². The average molecular weight is 535 g/mol. The zero-order valence-corrected chi connectivity index (χ0v) is 24.1. The molecule has 2 aliphatic heterocycles. The summed E-state index contributed by atoms with van der Waals surface area (Å²) in [7, 11) is 3.98. The van der Waals surface area contributed by atoms with Gasteiger partial charge in [0, 0.05) is 70.7 Å². The van der Waals surface area contributed by atoms with Crippen LogP contribution in [0.4, 0.5) is 11.4 Å². The number of carbonyl (C=O) groups excluding carboxylic acids is 2. The molecule has 1 fully saturated rings. The minimum absolute atomic E-state index is 0.0519. The van der Waals surface area contributed by atoms with E-state index in [2.05, 4.69) is 23.1 Å². The lowest BCUT2D eigenvalue weighted by Crippen LogP contribution is -2.48. The first-order valence-electron chi connectivity index (χ1n) is 14.7. The third-order valence-corrected chi connectivity index (χ3v) is 8.14. The first kappa shape index (κ1) is 28.9. The summed E-state index contributed by atoms with van der Waals surface area (Å²) in [6.07, 6.45) is 9.07. The van der Waals surface area contributed by atoms with E-state index in [-0.39, 0.29) is 18.4 Å². The predicted molar refractivity (Wildman–Crippen MR) is 158 cm³/mol. The molecule has 0 aromatic heterocycles. The van der Waals surface area contributed by atoms with Gasteiger partial charge in [-0.15, -0.1) is 0 Å². The first-order chi connectivity index (χ1) is 18.9. The lowest BCUT2D eigenvalue weighted by atomic mass is 10.0. The van der Waals surface area contributed by atoms with E-state index in [0.29, 0.717) is 6.04 Å². The number of hydrogen-bond donors (Lipinski definition) is 0. The smallest absolute Gasteiger partial charge is 0.260 e. The molecule has 0 unspecified atom stereocenters. The monoisotopic (exact) mass is 534 g/mol. The molecule has 0 spiro atoms. The van der Waals surface area contributed by atoms with Crippen molar-refractivity contribution >= 4 is 23.2 Å². The third-order valence-electron chi connectivity index (χ3n) is 8.14. The molecular formula is C32H46N4O3. The highest BCUT2D eigenvalue weighted by atomic mass is 16.5. The Hall–Kier alpha value is -3.06. The summed E-state index contributed by atoms with van der Waals surface area (Å²) < 4.78 is 5.85. The van der Waals surface area contributed by atoms with E-state index in [0.717, 1.165) is 69.1 Å². The standard InChI is InChI=1S/C32H46N4O3/c1-26(37)36-20-11-7-5-4-6-10-19-35(24-27-13-8-9-16-31(27)36)28-17-21-34(22-18-28)32(38)25-39-30-15-12-14-29(23-30)33(2)3/h8-9,12-16,23,28H,4-7,10-11,17-22,24-25H2,1-3H3. The van der Waals surface area contributed by atoms with Crippen molar-refractivity contribution in [3.63, 3.8) is 0 Å². The molecule has 2 aromatic carbocycles. The number of anilines is 2. The lowest BCUT2D eigenvalue weighted by Gasteiger charge is -2.39. The second-order valence-electron chi connectivity index (χ2n) is 11.2. The molecule has 0 saturated carbocycles. The van der Waals surface area contributed by atoms with Crippen LogP contribution in [0.1, 0.15) is 63.9 Å². The molecule has 2 aliphatic rings. The van der Waals surface area contributed by atoms with Crippen LogP contribution >= 0.6 is 0 Å². The molecule has 0 bridgehead atoms. The van der Waals surface area contributed by atoms with Gasteiger partial charge in [-0.25, -0.2) is 0 Å². The molecule has 2 aromatic rings. The van der Waals surface area contributed by atoms with Crippen molar-refractivity contribution in [1.29, 1.82) is 0 Å². The fourth-order valence-corrected chi connectivity index (χ4v) is 5.83. The number of benzene rings is 2.